The van der Waals surface area contributed by atoms with Crippen molar-refractivity contribution in [3.8, 4) is 0 Å². The molecule has 1 saturated heterocycles. The molecule has 7 rings (SSSR count). The van der Waals surface area contributed by atoms with Gasteiger partial charge in [-0.15, -0.1) is 0 Å². The number of unbranched alkanes of at least 4 members (excludes halogenated alkanes) is 2. The Morgan fingerprint density at radius 2 is 1.16 bits per heavy atom. The first-order valence-corrected chi connectivity index (χ1v) is 27.1. The fraction of sp³-hybridized carbons (Fsp3) is 0.433. The molecule has 88 heavy (non-hydrogen) atoms. The Balaban J connectivity index is -0.000000987. The smallest absolute Gasteiger partial charge is 1.00 e. The Hall–Kier alpha value is -6.73. The van der Waals surface area contributed by atoms with E-state index in [9.17, 15) is 57.0 Å². The van der Waals surface area contributed by atoms with Crippen molar-refractivity contribution in [1.29, 1.82) is 0 Å². The molecular weight excluding hydrogens is 1240 g/mol. The number of nitro groups is 2. The molecule has 484 valence electrons. The van der Waals surface area contributed by atoms with Gasteiger partial charge in [-0.2, -0.15) is 0 Å². The third kappa shape index (κ3) is 37.2. The summed E-state index contributed by atoms with van der Waals surface area (Å²) in [4.78, 5) is 68.7. The number of H-pyrrole nitrogens is 2. The van der Waals surface area contributed by atoms with Gasteiger partial charge >= 0.3 is 35.4 Å². The SMILES string of the molecule is C1CCOC1.CC(C)(C)OC(=O)OC(=O)OC(C)(C)C.CCCCOC(OCCCC)c1cc(F)ccc1[N+](=O)[O-].NCCO.O=Cc1cc(F)cc2cc[nH]c12.O=Cc1cc(F)ccc1[N+](=O)[O-].OCCNCc1cc(F)cc2cc[nH]c12.[Br-].[CH-]=C.[Mg+2]. The number of fused-ring (bicyclic) bond motifs is 2. The molecule has 0 radical (unpaired) electrons. The molecule has 6 aromatic rings. The number of hydrogen-bond acceptors (Lipinski definition) is 18. The third-order valence-corrected chi connectivity index (χ3v) is 10.3. The van der Waals surface area contributed by atoms with Crippen LogP contribution >= 0.6 is 0 Å². The minimum Gasteiger partial charge on any atom is -1.00 e. The van der Waals surface area contributed by atoms with E-state index >= 15 is 0 Å². The number of hydrogen-bond donors (Lipinski definition) is 6. The number of aliphatic hydroxyl groups excluding tert-OH is 2. The second kappa shape index (κ2) is 48.2. The number of halogens is 5. The number of nitrogens with two attached hydrogens (primary N) is 1. The van der Waals surface area contributed by atoms with E-state index in [1.807, 2.05) is 19.9 Å². The molecule has 0 aliphatic carbocycles. The van der Waals surface area contributed by atoms with Crippen LogP contribution in [0.5, 0.6) is 0 Å². The number of aromatic nitrogens is 2. The number of aliphatic hydroxyl groups is 2. The van der Waals surface area contributed by atoms with Crippen molar-refractivity contribution >= 4 is 81.1 Å². The van der Waals surface area contributed by atoms with E-state index < -0.39 is 51.3 Å². The molecule has 0 atom stereocenters. The standard InChI is InChI=1S/C15H22FNO4.C11H13FN2O.C10H18O5.C9H6FNO.C7H4FNO3.C4H8O.C2H7NO.C2H3.BrH.Mg/c1-3-5-9-20-15(21-10-6-4-2)13-11-12(16)7-8-14(13)17(18)19;12-10-5-8-1-2-14-11(8)9(6-10)7-13-3-4-15;1-9(2,3)14-7(11)13-8(12)15-10(4,5)6;10-8-3-6-1-2-11-9(6)7(4-8)5-12;8-6-1-2-7(9(11)12)5(3-6)4-10;1-2-4-5-3-1;3-1-2-4;1-2;;/h7-8,11,15H,3-6,9-10H2,1-2H3;1-2,5-6,13-15H,3-4,7H2;1-6H3;1-5,11H;1-4H;1-4H2;4H,1-3H2;1H,2H2;1H;/q;;;;;;;-1;;+2/p-1. The molecule has 0 spiro atoms. The normalized spacial score (nSPS) is 11.0. The summed E-state index contributed by atoms with van der Waals surface area (Å²) in [7, 11) is 0. The van der Waals surface area contributed by atoms with Crippen LogP contribution in [0.25, 0.3) is 21.8 Å². The summed E-state index contributed by atoms with van der Waals surface area (Å²) < 4.78 is 81.7. The van der Waals surface area contributed by atoms with Gasteiger partial charge in [0.1, 0.15) is 34.5 Å². The van der Waals surface area contributed by atoms with Gasteiger partial charge in [-0.1, -0.05) is 26.7 Å². The molecule has 2 aromatic heterocycles. The van der Waals surface area contributed by atoms with E-state index in [0.29, 0.717) is 50.2 Å². The van der Waals surface area contributed by atoms with E-state index in [4.69, 9.17) is 39.6 Å². The van der Waals surface area contributed by atoms with Crippen LogP contribution in [0.4, 0.5) is 38.5 Å². The number of carbonyl (C=O) groups is 4. The van der Waals surface area contributed by atoms with Gasteiger partial charge in [0, 0.05) is 73.7 Å². The van der Waals surface area contributed by atoms with E-state index in [1.54, 1.807) is 60.0 Å². The van der Waals surface area contributed by atoms with E-state index in [0.717, 1.165) is 97.1 Å². The molecule has 1 fully saturated rings. The van der Waals surface area contributed by atoms with Gasteiger partial charge in [0.2, 0.25) is 0 Å². The van der Waals surface area contributed by atoms with Crippen LogP contribution in [0.15, 0.2) is 91.8 Å². The number of carbonyl (C=O) groups excluding carboxylic acids is 4. The van der Waals surface area contributed by atoms with Crippen molar-refractivity contribution in [3.63, 3.8) is 0 Å². The first-order chi connectivity index (χ1) is 40.8. The zero-order valence-corrected chi connectivity index (χ0v) is 53.9. The molecule has 28 heteroatoms. The number of nitrogens with zero attached hydrogens (tertiary/aromatic N) is 2. The summed E-state index contributed by atoms with van der Waals surface area (Å²) in [5.74, 6) is -1.83. The average Bonchev–Trinajstić information content (AvgIpc) is 4.29. The molecule has 1 aliphatic rings. The number of aromatic amines is 2. The van der Waals surface area contributed by atoms with Crippen molar-refractivity contribution in [1.82, 2.24) is 15.3 Å². The quantitative estimate of drug-likeness (QED) is 0.00446. The van der Waals surface area contributed by atoms with E-state index in [-0.39, 0.29) is 93.7 Å². The zero-order valence-electron chi connectivity index (χ0n) is 50.9. The predicted molar refractivity (Wildman–Crippen MR) is 322 cm³/mol. The summed E-state index contributed by atoms with van der Waals surface area (Å²) in [5.41, 5.74) is 5.57. The van der Waals surface area contributed by atoms with E-state index in [1.165, 1.54) is 37.1 Å². The van der Waals surface area contributed by atoms with Crippen molar-refractivity contribution in [2.75, 3.05) is 52.7 Å². The minimum atomic E-state index is -1.06. The van der Waals surface area contributed by atoms with E-state index in [2.05, 4.69) is 33.2 Å². The average molecular weight is 1320 g/mol. The molecule has 0 bridgehead atoms. The van der Waals surface area contributed by atoms with Crippen molar-refractivity contribution in [2.24, 2.45) is 5.73 Å². The Morgan fingerprint density at radius 3 is 1.58 bits per heavy atom. The number of aldehydes is 2. The Kier molecular flexibility index (Phi) is 46.8. The second-order valence-electron chi connectivity index (χ2n) is 19.6. The molecule has 0 saturated carbocycles. The molecule has 0 unspecified atom stereocenters. The van der Waals surface area contributed by atoms with Gasteiger partial charge < -0.3 is 83.2 Å². The van der Waals surface area contributed by atoms with Gasteiger partial charge in [0.15, 0.2) is 18.9 Å². The summed E-state index contributed by atoms with van der Waals surface area (Å²) in [6.07, 6.45) is 7.40. The topological polar surface area (TPSA) is 320 Å². The molecule has 0 amide bonds. The Bertz CT molecular complexity index is 2910. The summed E-state index contributed by atoms with van der Waals surface area (Å²) in [5, 5.41) is 42.3. The number of rotatable bonds is 18. The van der Waals surface area contributed by atoms with Crippen LogP contribution in [0.2, 0.25) is 0 Å². The van der Waals surface area contributed by atoms with Crippen molar-refractivity contribution in [3.05, 3.63) is 164 Å². The number of nitro benzene ring substituents is 2. The van der Waals surface area contributed by atoms with Crippen molar-refractivity contribution < 1.29 is 102 Å². The summed E-state index contributed by atoms with van der Waals surface area (Å²) in [6, 6.07) is 15.2. The summed E-state index contributed by atoms with van der Waals surface area (Å²) in [6.45, 7) is 25.5. The maximum atomic E-state index is 13.4. The maximum Gasteiger partial charge on any atom is 2.00 e. The molecule has 4 aromatic carbocycles. The zero-order chi connectivity index (χ0) is 65.3. The van der Waals surface area contributed by atoms with Crippen molar-refractivity contribution in [2.45, 2.75) is 118 Å². The van der Waals surface area contributed by atoms with Gasteiger partial charge in [0.05, 0.1) is 58.4 Å². The minimum absolute atomic E-state index is 0. The largest absolute Gasteiger partial charge is 2.00 e. The van der Waals surface area contributed by atoms with Crippen LogP contribution < -0.4 is 28.0 Å². The van der Waals surface area contributed by atoms with Crippen LogP contribution in [0, 0.1) is 50.1 Å². The first-order valence-electron chi connectivity index (χ1n) is 27.1. The molecule has 3 heterocycles. The maximum absolute atomic E-state index is 13.4. The Morgan fingerprint density at radius 1 is 0.716 bits per heavy atom. The fourth-order valence-electron chi connectivity index (χ4n) is 6.59. The van der Waals surface area contributed by atoms with Gasteiger partial charge in [-0.25, -0.2) is 27.2 Å². The second-order valence-corrected chi connectivity index (χ2v) is 19.6. The van der Waals surface area contributed by atoms with Gasteiger partial charge in [-0.3, -0.25) is 36.4 Å². The van der Waals surface area contributed by atoms with Gasteiger partial charge in [-0.05, 0) is 133 Å². The van der Waals surface area contributed by atoms with Crippen LogP contribution in [0.3, 0.4) is 0 Å². The summed E-state index contributed by atoms with van der Waals surface area (Å²) >= 11 is 0. The number of nitrogens with one attached hydrogen (secondary N) is 3. The fourth-order valence-corrected chi connectivity index (χ4v) is 6.59. The molecule has 1 aliphatic heterocycles. The van der Waals surface area contributed by atoms with Crippen LogP contribution in [-0.4, -0.2) is 142 Å². The molecular formula is C60H81BrF4MgN6O16. The molecule has 7 N–H and O–H groups in total. The third-order valence-electron chi connectivity index (χ3n) is 10.3. The first kappa shape index (κ1) is 85.5. The number of ether oxygens (including phenoxy) is 6. The monoisotopic (exact) mass is 1320 g/mol. The Labute approximate surface area is 536 Å². The van der Waals surface area contributed by atoms with Gasteiger partial charge in [0.25, 0.3) is 11.4 Å². The number of benzene rings is 4. The predicted octanol–water partition coefficient (Wildman–Crippen LogP) is 9.26. The molecule has 22 nitrogen and oxygen atoms in total. The van der Waals surface area contributed by atoms with Crippen LogP contribution in [-0.2, 0) is 35.0 Å². The van der Waals surface area contributed by atoms with Crippen LogP contribution in [0.1, 0.15) is 132 Å².